The Morgan fingerprint density at radius 2 is 1.88 bits per heavy atom. The van der Waals surface area contributed by atoms with Crippen LogP contribution in [0.2, 0.25) is 0 Å². The van der Waals surface area contributed by atoms with E-state index in [9.17, 15) is 14.7 Å². The van der Waals surface area contributed by atoms with E-state index in [1.165, 1.54) is 0 Å². The molecule has 2 aliphatic heterocycles. The Balaban J connectivity index is 1.80. The molecule has 32 heavy (non-hydrogen) atoms. The second kappa shape index (κ2) is 12.1. The lowest BCUT2D eigenvalue weighted by Gasteiger charge is -2.26. The van der Waals surface area contributed by atoms with E-state index < -0.39 is 5.97 Å². The summed E-state index contributed by atoms with van der Waals surface area (Å²) >= 11 is 0. The highest BCUT2D eigenvalue weighted by Gasteiger charge is 2.19. The number of hydrogen-bond acceptors (Lipinski definition) is 6. The molecule has 1 fully saturated rings. The minimum absolute atomic E-state index is 0.0680. The minimum atomic E-state index is -0.424. The number of phenolic OH excluding ortho intramolecular Hbond substituents is 1. The van der Waals surface area contributed by atoms with Crippen molar-refractivity contribution in [3.63, 3.8) is 0 Å². The molecule has 1 aromatic rings. The van der Waals surface area contributed by atoms with Gasteiger partial charge in [0, 0.05) is 19.5 Å². The average Bonchev–Trinajstić information content (AvgIpc) is 2.77. The number of fused-ring (bicyclic) bond motifs is 1. The number of carbonyl (C=O) groups excluding carboxylic acids is 2. The van der Waals surface area contributed by atoms with Crippen molar-refractivity contribution in [3.05, 3.63) is 53.1 Å². The molecule has 1 aromatic carbocycles. The number of amides is 1. The standard InChI is InChI=1S/C25H32N2O5/c1-19-15-22(28)17-20-16-21(26-32-18-23(29)27-12-8-6-9-13-27)11-7-4-2-3-5-10-14-31-25(30)24(19)20/h3,5,7,11,15,17,28H,2,4,6,8-10,12-14,16,18H2,1H3/b5-3+,11-7+,26-21-. The minimum Gasteiger partial charge on any atom is -0.508 e. The van der Waals surface area contributed by atoms with Crippen molar-refractivity contribution in [2.75, 3.05) is 26.3 Å². The smallest absolute Gasteiger partial charge is 0.338 e. The predicted octanol–water partition coefficient (Wildman–Crippen LogP) is 4.08. The van der Waals surface area contributed by atoms with Crippen molar-refractivity contribution < 1.29 is 24.3 Å². The van der Waals surface area contributed by atoms with Gasteiger partial charge in [-0.15, -0.1) is 0 Å². The number of esters is 1. The molecule has 1 amide bonds. The molecule has 0 spiro atoms. The number of aryl methyl sites for hydroxylation is 1. The van der Waals surface area contributed by atoms with E-state index in [4.69, 9.17) is 9.57 Å². The van der Waals surface area contributed by atoms with E-state index in [0.29, 0.717) is 35.4 Å². The second-order valence-corrected chi connectivity index (χ2v) is 8.15. The zero-order valence-electron chi connectivity index (χ0n) is 18.7. The summed E-state index contributed by atoms with van der Waals surface area (Å²) in [5, 5.41) is 14.3. The monoisotopic (exact) mass is 440 g/mol. The highest BCUT2D eigenvalue weighted by molar-refractivity contribution is 6.00. The van der Waals surface area contributed by atoms with Gasteiger partial charge in [0.05, 0.1) is 17.9 Å². The molecule has 3 rings (SSSR count). The van der Waals surface area contributed by atoms with Crippen molar-refractivity contribution in [1.29, 1.82) is 0 Å². The number of rotatable bonds is 3. The van der Waals surface area contributed by atoms with Gasteiger partial charge in [-0.2, -0.15) is 0 Å². The van der Waals surface area contributed by atoms with Crippen LogP contribution in [0.1, 0.15) is 60.0 Å². The van der Waals surface area contributed by atoms with Crippen LogP contribution >= 0.6 is 0 Å². The van der Waals surface area contributed by atoms with Gasteiger partial charge in [-0.1, -0.05) is 23.4 Å². The summed E-state index contributed by atoms with van der Waals surface area (Å²) in [7, 11) is 0. The first kappa shape index (κ1) is 23.6. The summed E-state index contributed by atoms with van der Waals surface area (Å²) in [6, 6.07) is 3.10. The molecule has 7 heteroatoms. The number of nitrogens with zero attached hydrogens (tertiary/aromatic N) is 2. The largest absolute Gasteiger partial charge is 0.508 e. The average molecular weight is 441 g/mol. The fourth-order valence-corrected chi connectivity index (χ4v) is 3.93. The summed E-state index contributed by atoms with van der Waals surface area (Å²) in [6.07, 6.45) is 13.7. The molecule has 0 bridgehead atoms. The molecular weight excluding hydrogens is 408 g/mol. The van der Waals surface area contributed by atoms with Gasteiger partial charge in [0.15, 0.2) is 6.61 Å². The third kappa shape index (κ3) is 6.97. The Labute approximate surface area is 189 Å². The maximum absolute atomic E-state index is 12.7. The Morgan fingerprint density at radius 1 is 1.12 bits per heavy atom. The van der Waals surface area contributed by atoms with Crippen LogP contribution in [0.5, 0.6) is 5.75 Å². The topological polar surface area (TPSA) is 88.4 Å². The molecule has 0 atom stereocenters. The summed E-state index contributed by atoms with van der Waals surface area (Å²) in [4.78, 5) is 32.3. The lowest BCUT2D eigenvalue weighted by atomic mass is 9.96. The third-order valence-electron chi connectivity index (χ3n) is 5.55. The molecule has 0 saturated carbocycles. The van der Waals surface area contributed by atoms with Gasteiger partial charge < -0.3 is 19.6 Å². The number of piperidine rings is 1. The highest BCUT2D eigenvalue weighted by atomic mass is 16.6. The van der Waals surface area contributed by atoms with Crippen LogP contribution in [0.3, 0.4) is 0 Å². The fraction of sp³-hybridized carbons (Fsp3) is 0.480. The van der Waals surface area contributed by atoms with Gasteiger partial charge in [-0.25, -0.2) is 4.79 Å². The van der Waals surface area contributed by atoms with Crippen LogP contribution in [0.15, 0.2) is 41.6 Å². The van der Waals surface area contributed by atoms with Crippen LogP contribution in [0, 0.1) is 6.92 Å². The number of cyclic esters (lactones) is 1. The Morgan fingerprint density at radius 3 is 2.69 bits per heavy atom. The van der Waals surface area contributed by atoms with Gasteiger partial charge in [0.25, 0.3) is 5.91 Å². The maximum Gasteiger partial charge on any atom is 0.338 e. The Kier molecular flexibility index (Phi) is 8.90. The third-order valence-corrected chi connectivity index (χ3v) is 5.55. The van der Waals surface area contributed by atoms with E-state index in [-0.39, 0.29) is 24.7 Å². The summed E-state index contributed by atoms with van der Waals surface area (Å²) in [5.74, 6) is -0.420. The molecule has 172 valence electrons. The molecule has 1 N–H and O–H groups in total. The normalized spacial score (nSPS) is 21.2. The molecule has 2 heterocycles. The van der Waals surface area contributed by atoms with Crippen molar-refractivity contribution in [1.82, 2.24) is 4.90 Å². The van der Waals surface area contributed by atoms with Crippen LogP contribution in [0.4, 0.5) is 0 Å². The zero-order chi connectivity index (χ0) is 22.8. The number of ether oxygens (including phenoxy) is 1. The van der Waals surface area contributed by atoms with Crippen LogP contribution in [-0.4, -0.2) is 53.9 Å². The van der Waals surface area contributed by atoms with Gasteiger partial charge >= 0.3 is 5.97 Å². The van der Waals surface area contributed by atoms with Crippen LogP contribution < -0.4 is 0 Å². The lowest BCUT2D eigenvalue weighted by molar-refractivity contribution is -0.137. The van der Waals surface area contributed by atoms with E-state index in [1.54, 1.807) is 19.1 Å². The van der Waals surface area contributed by atoms with Crippen molar-refractivity contribution in [2.24, 2.45) is 5.16 Å². The molecular formula is C25H32N2O5. The molecule has 1 saturated heterocycles. The number of carbonyl (C=O) groups is 2. The first-order chi connectivity index (χ1) is 15.5. The number of aromatic hydroxyl groups is 1. The van der Waals surface area contributed by atoms with Crippen molar-refractivity contribution in [3.8, 4) is 5.75 Å². The number of allylic oxidation sites excluding steroid dienone is 3. The molecule has 0 radical (unpaired) electrons. The van der Waals surface area contributed by atoms with E-state index in [1.807, 2.05) is 23.1 Å². The first-order valence-corrected chi connectivity index (χ1v) is 11.3. The molecule has 7 nitrogen and oxygen atoms in total. The van der Waals surface area contributed by atoms with E-state index >= 15 is 0 Å². The second-order valence-electron chi connectivity index (χ2n) is 8.15. The summed E-state index contributed by atoms with van der Waals surface area (Å²) < 4.78 is 5.44. The molecule has 2 aliphatic rings. The molecule has 0 unspecified atom stereocenters. The van der Waals surface area contributed by atoms with E-state index in [2.05, 4.69) is 11.2 Å². The zero-order valence-corrected chi connectivity index (χ0v) is 18.7. The van der Waals surface area contributed by atoms with Gasteiger partial charge in [0.1, 0.15) is 5.75 Å². The van der Waals surface area contributed by atoms with E-state index in [0.717, 1.165) is 45.2 Å². The fourth-order valence-electron chi connectivity index (χ4n) is 3.93. The molecule has 0 aromatic heterocycles. The number of benzene rings is 1. The van der Waals surface area contributed by atoms with Gasteiger partial charge in [0.2, 0.25) is 0 Å². The van der Waals surface area contributed by atoms with Gasteiger partial charge in [-0.3, -0.25) is 4.79 Å². The van der Waals surface area contributed by atoms with Crippen molar-refractivity contribution in [2.45, 2.75) is 51.9 Å². The SMILES string of the molecule is Cc1cc(O)cc2c1C(=O)OCC/C=C/CC/C=C/C(=N/OCC(=O)N1CCCCC1)C2. The highest BCUT2D eigenvalue weighted by Crippen LogP contribution is 2.24. The Hall–Kier alpha value is -3.09. The van der Waals surface area contributed by atoms with Gasteiger partial charge in [-0.05, 0) is 74.8 Å². The Bertz CT molecular complexity index is 898. The number of oxime groups is 1. The number of likely N-dealkylation sites (tertiary alicyclic amines) is 1. The van der Waals surface area contributed by atoms with Crippen molar-refractivity contribution >= 4 is 17.6 Å². The maximum atomic E-state index is 12.7. The number of phenols is 1. The predicted molar refractivity (Wildman–Crippen MR) is 123 cm³/mol. The summed E-state index contributed by atoms with van der Waals surface area (Å²) in [5.41, 5.74) is 2.23. The quantitative estimate of drug-likeness (QED) is 0.435. The van der Waals surface area contributed by atoms with Crippen LogP contribution in [0.25, 0.3) is 0 Å². The number of hydrogen-bond donors (Lipinski definition) is 1. The van der Waals surface area contributed by atoms with Crippen LogP contribution in [-0.2, 0) is 20.8 Å². The first-order valence-electron chi connectivity index (χ1n) is 11.3. The molecule has 0 aliphatic carbocycles. The summed E-state index contributed by atoms with van der Waals surface area (Å²) in [6.45, 7) is 3.48. The lowest BCUT2D eigenvalue weighted by Crippen LogP contribution is -2.37.